The Morgan fingerprint density at radius 3 is 2.45 bits per heavy atom. The Labute approximate surface area is 172 Å². The number of hydrogen-bond donors (Lipinski definition) is 1. The molecule has 1 N–H and O–H groups in total. The molecule has 0 saturated carbocycles. The monoisotopic (exact) mass is 421 g/mol. The first-order valence-corrected chi connectivity index (χ1v) is 11.4. The molecule has 0 atom stereocenters. The number of aryl methyl sites for hydroxylation is 1. The van der Waals surface area contributed by atoms with Crippen molar-refractivity contribution in [3.8, 4) is 5.75 Å². The van der Waals surface area contributed by atoms with Gasteiger partial charge in [0.1, 0.15) is 11.6 Å². The van der Waals surface area contributed by atoms with E-state index in [-0.39, 0.29) is 17.3 Å². The van der Waals surface area contributed by atoms with E-state index in [0.717, 1.165) is 17.5 Å². The van der Waals surface area contributed by atoms with Crippen LogP contribution in [0.25, 0.3) is 0 Å². The second-order valence-corrected chi connectivity index (χ2v) is 9.27. The highest BCUT2D eigenvalue weighted by molar-refractivity contribution is 7.89. The lowest BCUT2D eigenvalue weighted by Gasteiger charge is -2.38. The molecule has 158 valence electrons. The Morgan fingerprint density at radius 2 is 1.83 bits per heavy atom. The maximum Gasteiger partial charge on any atom is 0.240 e. The molecule has 0 unspecified atom stereocenters. The van der Waals surface area contributed by atoms with Crippen LogP contribution in [0, 0.1) is 12.7 Å². The molecule has 7 heteroatoms. The Kier molecular flexibility index (Phi) is 6.93. The average molecular weight is 422 g/mol. The number of rotatable bonds is 8. The van der Waals surface area contributed by atoms with Crippen molar-refractivity contribution in [3.63, 3.8) is 0 Å². The van der Waals surface area contributed by atoms with Crippen LogP contribution in [-0.2, 0) is 20.2 Å². The Hall–Kier alpha value is -1.96. The van der Waals surface area contributed by atoms with Crippen molar-refractivity contribution in [2.45, 2.75) is 43.4 Å². The average Bonchev–Trinajstić information content (AvgIpc) is 2.72. The highest BCUT2D eigenvalue weighted by atomic mass is 32.2. The predicted octanol–water partition coefficient (Wildman–Crippen LogP) is 3.95. The van der Waals surface area contributed by atoms with Crippen molar-refractivity contribution < 1.29 is 22.3 Å². The molecule has 0 aromatic heterocycles. The quantitative estimate of drug-likeness (QED) is 0.701. The third kappa shape index (κ3) is 5.15. The van der Waals surface area contributed by atoms with Gasteiger partial charge >= 0.3 is 0 Å². The lowest BCUT2D eigenvalue weighted by Crippen LogP contribution is -2.44. The van der Waals surface area contributed by atoms with Crippen molar-refractivity contribution in [2.75, 3.05) is 26.4 Å². The van der Waals surface area contributed by atoms with E-state index in [2.05, 4.69) is 4.72 Å². The van der Waals surface area contributed by atoms with Gasteiger partial charge in [0.15, 0.2) is 0 Å². The highest BCUT2D eigenvalue weighted by Crippen LogP contribution is 2.35. The van der Waals surface area contributed by atoms with Crippen LogP contribution in [0.5, 0.6) is 5.75 Å². The molecule has 29 heavy (non-hydrogen) atoms. The van der Waals surface area contributed by atoms with E-state index in [1.807, 2.05) is 13.8 Å². The van der Waals surface area contributed by atoms with Crippen LogP contribution in [-0.4, -0.2) is 34.8 Å². The Morgan fingerprint density at radius 1 is 1.14 bits per heavy atom. The summed E-state index contributed by atoms with van der Waals surface area (Å²) in [6, 6.07) is 11.2. The standard InChI is InChI=1S/C22H28FNO4S/c1-3-12-28-21-9-8-20(15-17(21)2)29(25,26)24-16-22(10-13-27-14-11-22)18-4-6-19(23)7-5-18/h4-9,15,24H,3,10-14,16H2,1-2H3. The van der Waals surface area contributed by atoms with Gasteiger partial charge in [-0.25, -0.2) is 17.5 Å². The van der Waals surface area contributed by atoms with Crippen LogP contribution < -0.4 is 9.46 Å². The second kappa shape index (κ2) is 9.24. The van der Waals surface area contributed by atoms with Crippen LogP contribution in [0.15, 0.2) is 47.4 Å². The minimum atomic E-state index is -3.69. The number of ether oxygens (including phenoxy) is 2. The summed E-state index contributed by atoms with van der Waals surface area (Å²) in [4.78, 5) is 0.208. The lowest BCUT2D eigenvalue weighted by molar-refractivity contribution is 0.0517. The summed E-state index contributed by atoms with van der Waals surface area (Å²) >= 11 is 0. The van der Waals surface area contributed by atoms with E-state index in [0.29, 0.717) is 38.4 Å². The zero-order valence-electron chi connectivity index (χ0n) is 16.9. The topological polar surface area (TPSA) is 64.6 Å². The molecule has 5 nitrogen and oxygen atoms in total. The minimum Gasteiger partial charge on any atom is -0.493 e. The largest absolute Gasteiger partial charge is 0.493 e. The molecule has 3 rings (SSSR count). The van der Waals surface area contributed by atoms with Gasteiger partial charge in [0.05, 0.1) is 11.5 Å². The molecule has 1 saturated heterocycles. The van der Waals surface area contributed by atoms with Crippen LogP contribution >= 0.6 is 0 Å². The molecule has 0 bridgehead atoms. The summed E-state index contributed by atoms with van der Waals surface area (Å²) in [5.74, 6) is 0.385. The van der Waals surface area contributed by atoms with Gasteiger partial charge in [-0.1, -0.05) is 19.1 Å². The molecular formula is C22H28FNO4S. The molecule has 2 aromatic rings. The fraction of sp³-hybridized carbons (Fsp3) is 0.455. The van der Waals surface area contributed by atoms with Gasteiger partial charge in [0, 0.05) is 25.2 Å². The van der Waals surface area contributed by atoms with Crippen molar-refractivity contribution in [1.29, 1.82) is 0 Å². The minimum absolute atomic E-state index is 0.208. The molecular weight excluding hydrogens is 393 g/mol. The van der Waals surface area contributed by atoms with Gasteiger partial charge in [-0.15, -0.1) is 0 Å². The van der Waals surface area contributed by atoms with Gasteiger partial charge in [0.25, 0.3) is 0 Å². The molecule has 1 aliphatic rings. The number of benzene rings is 2. The van der Waals surface area contributed by atoms with Gasteiger partial charge in [-0.05, 0) is 67.6 Å². The van der Waals surface area contributed by atoms with Gasteiger partial charge in [-0.3, -0.25) is 0 Å². The molecule has 1 aliphatic heterocycles. The number of nitrogens with one attached hydrogen (secondary N) is 1. The second-order valence-electron chi connectivity index (χ2n) is 7.50. The molecule has 2 aromatic carbocycles. The summed E-state index contributed by atoms with van der Waals surface area (Å²) in [7, 11) is -3.69. The SMILES string of the molecule is CCCOc1ccc(S(=O)(=O)NCC2(c3ccc(F)cc3)CCOCC2)cc1C. The van der Waals surface area contributed by atoms with Gasteiger partial charge in [-0.2, -0.15) is 0 Å². The maximum absolute atomic E-state index is 13.4. The molecule has 1 fully saturated rings. The smallest absolute Gasteiger partial charge is 0.240 e. The summed E-state index contributed by atoms with van der Waals surface area (Å²) < 4.78 is 53.1. The number of hydrogen-bond acceptors (Lipinski definition) is 4. The predicted molar refractivity (Wildman–Crippen MR) is 110 cm³/mol. The fourth-order valence-electron chi connectivity index (χ4n) is 3.61. The van der Waals surface area contributed by atoms with E-state index < -0.39 is 15.4 Å². The van der Waals surface area contributed by atoms with Gasteiger partial charge in [0.2, 0.25) is 10.0 Å². The van der Waals surface area contributed by atoms with Crippen molar-refractivity contribution >= 4 is 10.0 Å². The first-order chi connectivity index (χ1) is 13.9. The molecule has 0 aliphatic carbocycles. The fourth-order valence-corrected chi connectivity index (χ4v) is 4.82. The third-order valence-electron chi connectivity index (χ3n) is 5.43. The third-order valence-corrected chi connectivity index (χ3v) is 6.82. The first kappa shape index (κ1) is 21.7. The van der Waals surface area contributed by atoms with Crippen LogP contribution in [0.2, 0.25) is 0 Å². The van der Waals surface area contributed by atoms with E-state index in [4.69, 9.17) is 9.47 Å². The Bertz CT molecular complexity index is 922. The van der Waals surface area contributed by atoms with Crippen molar-refractivity contribution in [2.24, 2.45) is 0 Å². The normalized spacial score (nSPS) is 16.5. The summed E-state index contributed by atoms with van der Waals surface area (Å²) in [6.45, 7) is 5.77. The first-order valence-electron chi connectivity index (χ1n) is 9.93. The molecule has 0 amide bonds. The van der Waals surface area contributed by atoms with Crippen LogP contribution in [0.3, 0.4) is 0 Å². The van der Waals surface area contributed by atoms with E-state index in [1.165, 1.54) is 12.1 Å². The van der Waals surface area contributed by atoms with Crippen LogP contribution in [0.1, 0.15) is 37.3 Å². The summed E-state index contributed by atoms with van der Waals surface area (Å²) in [5.41, 5.74) is 1.28. The van der Waals surface area contributed by atoms with Crippen molar-refractivity contribution in [3.05, 3.63) is 59.4 Å². The zero-order valence-corrected chi connectivity index (χ0v) is 17.7. The molecule has 0 spiro atoms. The maximum atomic E-state index is 13.4. The molecule has 0 radical (unpaired) electrons. The van der Waals surface area contributed by atoms with E-state index in [9.17, 15) is 12.8 Å². The number of sulfonamides is 1. The lowest BCUT2D eigenvalue weighted by atomic mass is 9.74. The van der Waals surface area contributed by atoms with E-state index >= 15 is 0 Å². The van der Waals surface area contributed by atoms with Gasteiger partial charge < -0.3 is 9.47 Å². The number of halogens is 1. The van der Waals surface area contributed by atoms with Crippen molar-refractivity contribution in [1.82, 2.24) is 4.72 Å². The van der Waals surface area contributed by atoms with Crippen LogP contribution in [0.4, 0.5) is 4.39 Å². The van der Waals surface area contributed by atoms with E-state index in [1.54, 1.807) is 30.3 Å². The molecule has 1 heterocycles. The summed E-state index contributed by atoms with van der Waals surface area (Å²) in [5, 5.41) is 0. The highest BCUT2D eigenvalue weighted by Gasteiger charge is 2.36. The Balaban J connectivity index is 1.79. The summed E-state index contributed by atoms with van der Waals surface area (Å²) in [6.07, 6.45) is 2.23. The zero-order chi connectivity index (χ0) is 20.9.